The van der Waals surface area contributed by atoms with E-state index in [1.807, 2.05) is 6.07 Å². The number of halogens is 2. The molecule has 2 aromatic rings. The number of thiol groups is 1. The lowest BCUT2D eigenvalue weighted by Gasteiger charge is -2.32. The van der Waals surface area contributed by atoms with E-state index in [9.17, 15) is 8.78 Å². The third-order valence-electron chi connectivity index (χ3n) is 5.20. The quantitative estimate of drug-likeness (QED) is 0.372. The summed E-state index contributed by atoms with van der Waals surface area (Å²) in [4.78, 5) is 18.3. The van der Waals surface area contributed by atoms with Crippen molar-refractivity contribution < 1.29 is 8.78 Å². The van der Waals surface area contributed by atoms with Crippen molar-refractivity contribution in [3.05, 3.63) is 30.5 Å². The number of rotatable bonds is 5. The fourth-order valence-corrected chi connectivity index (χ4v) is 3.80. The molecule has 2 aliphatic rings. The first-order valence-electron chi connectivity index (χ1n) is 9.27. The molecule has 8 nitrogen and oxygen atoms in total. The van der Waals surface area contributed by atoms with Gasteiger partial charge in [-0.3, -0.25) is 10.5 Å². The van der Waals surface area contributed by atoms with Crippen LogP contribution in [0.1, 0.15) is 18.7 Å². The Morgan fingerprint density at radius 1 is 1.31 bits per heavy atom. The number of nitrogens with zero attached hydrogens (tertiary/aromatic N) is 4. The zero-order valence-corrected chi connectivity index (χ0v) is 16.6. The van der Waals surface area contributed by atoms with Crippen LogP contribution in [0, 0.1) is 11.3 Å². The monoisotopic (exact) mass is 422 g/mol. The molecule has 0 amide bonds. The van der Waals surface area contributed by atoms with Crippen molar-refractivity contribution in [1.82, 2.24) is 25.3 Å². The van der Waals surface area contributed by atoms with Crippen LogP contribution in [0.4, 0.5) is 14.6 Å². The van der Waals surface area contributed by atoms with Crippen molar-refractivity contribution in [2.24, 2.45) is 11.1 Å². The fourth-order valence-electron chi connectivity index (χ4n) is 3.80. The molecule has 4 heterocycles. The van der Waals surface area contributed by atoms with Gasteiger partial charge in [0.2, 0.25) is 0 Å². The number of imidazole rings is 1. The summed E-state index contributed by atoms with van der Waals surface area (Å²) in [5.41, 5.74) is 0.629. The average Bonchev–Trinajstić information content (AvgIpc) is 3.41. The van der Waals surface area contributed by atoms with Crippen LogP contribution in [-0.2, 0) is 0 Å². The molecule has 4 rings (SSSR count). The van der Waals surface area contributed by atoms with Crippen LogP contribution in [0.2, 0.25) is 0 Å². The minimum atomic E-state index is -2.79. The van der Waals surface area contributed by atoms with Crippen LogP contribution in [-0.4, -0.2) is 57.7 Å². The molecule has 11 heteroatoms. The SMILES string of the molecule is N=C(/C=C\c1ncc(-c2cc(N3CCC4CCNCC43)ncn2)[nH]1)C(F)F.NS. The van der Waals surface area contributed by atoms with E-state index in [4.69, 9.17) is 5.41 Å². The predicted octanol–water partition coefficient (Wildman–Crippen LogP) is 2.14. The number of piperidine rings is 1. The molecule has 2 aliphatic heterocycles. The van der Waals surface area contributed by atoms with Gasteiger partial charge in [0.05, 0.1) is 23.3 Å². The zero-order chi connectivity index (χ0) is 20.8. The minimum absolute atomic E-state index is 0.397. The van der Waals surface area contributed by atoms with Gasteiger partial charge in [-0.05, 0) is 37.5 Å². The Bertz CT molecular complexity index is 856. The van der Waals surface area contributed by atoms with E-state index in [2.05, 4.69) is 48.1 Å². The summed E-state index contributed by atoms with van der Waals surface area (Å²) in [6.07, 6.45) is 5.13. The summed E-state index contributed by atoms with van der Waals surface area (Å²) < 4.78 is 24.8. The molecule has 156 valence electrons. The van der Waals surface area contributed by atoms with E-state index in [1.165, 1.54) is 25.2 Å². The van der Waals surface area contributed by atoms with Crippen LogP contribution in [0.15, 0.2) is 24.7 Å². The first-order chi connectivity index (χ1) is 14.1. The van der Waals surface area contributed by atoms with Gasteiger partial charge in [0, 0.05) is 25.2 Å². The number of nitrogens with two attached hydrogens (primary N) is 1. The van der Waals surface area contributed by atoms with Crippen LogP contribution in [0.5, 0.6) is 0 Å². The molecule has 0 aliphatic carbocycles. The highest BCUT2D eigenvalue weighted by Gasteiger charge is 2.36. The maximum Gasteiger partial charge on any atom is 0.279 e. The molecule has 2 atom stereocenters. The lowest BCUT2D eigenvalue weighted by atomic mass is 9.93. The second-order valence-electron chi connectivity index (χ2n) is 6.84. The highest BCUT2D eigenvalue weighted by Crippen LogP contribution is 2.33. The Hall–Kier alpha value is -2.37. The molecule has 0 aromatic carbocycles. The van der Waals surface area contributed by atoms with Crippen LogP contribution >= 0.6 is 12.8 Å². The van der Waals surface area contributed by atoms with Gasteiger partial charge in [0.25, 0.3) is 6.43 Å². The largest absolute Gasteiger partial charge is 0.352 e. The molecule has 0 radical (unpaired) electrons. The van der Waals surface area contributed by atoms with Gasteiger partial charge in [0.15, 0.2) is 0 Å². The summed E-state index contributed by atoms with van der Waals surface area (Å²) in [6.45, 7) is 3.04. The molecule has 0 spiro atoms. The number of H-pyrrole nitrogens is 1. The standard InChI is InChI=1S/C18H21F2N7.H3NS/c19-18(20)12(21)1-2-16-23-8-14(26-16)13-7-17(25-10-24-13)27-6-4-11-3-5-22-9-15(11)27;1-2/h1-2,7-8,10-11,15,18,21-22H,3-6,9H2,(H,23,26);2H,1H2/b2-1-,21-12?;. The van der Waals surface area contributed by atoms with E-state index in [1.54, 1.807) is 6.20 Å². The molecule has 0 saturated carbocycles. The van der Waals surface area contributed by atoms with Crippen LogP contribution < -0.4 is 15.4 Å². The number of nitrogens with one attached hydrogen (secondary N) is 3. The number of hydrogen-bond acceptors (Lipinski definition) is 8. The number of allylic oxidation sites excluding steroid dienone is 1. The Morgan fingerprint density at radius 2 is 2.14 bits per heavy atom. The van der Waals surface area contributed by atoms with Crippen LogP contribution in [0.3, 0.4) is 0 Å². The Morgan fingerprint density at radius 3 is 2.93 bits per heavy atom. The molecule has 29 heavy (non-hydrogen) atoms. The summed E-state index contributed by atoms with van der Waals surface area (Å²) in [6, 6.07) is 2.39. The van der Waals surface area contributed by atoms with E-state index in [-0.39, 0.29) is 0 Å². The Labute approximate surface area is 173 Å². The maximum absolute atomic E-state index is 12.4. The third kappa shape index (κ3) is 4.98. The van der Waals surface area contributed by atoms with Crippen molar-refractivity contribution >= 4 is 30.4 Å². The summed E-state index contributed by atoms with van der Waals surface area (Å²) in [5.74, 6) is 1.99. The number of fused-ring (bicyclic) bond motifs is 1. The Kier molecular flexibility index (Phi) is 7.29. The maximum atomic E-state index is 12.4. The summed E-state index contributed by atoms with van der Waals surface area (Å²) in [5, 5.41) is 14.8. The van der Waals surface area contributed by atoms with Gasteiger partial charge in [-0.15, -0.1) is 12.8 Å². The topological polar surface area (TPSA) is 120 Å². The summed E-state index contributed by atoms with van der Waals surface area (Å²) >= 11 is 3.03. The summed E-state index contributed by atoms with van der Waals surface area (Å²) in [7, 11) is 0. The molecular formula is C18H24F2N8S. The number of hydrogen-bond donors (Lipinski definition) is 5. The molecule has 2 saturated heterocycles. The zero-order valence-electron chi connectivity index (χ0n) is 15.7. The lowest BCUT2D eigenvalue weighted by molar-refractivity contribution is 0.226. The molecule has 2 unspecified atom stereocenters. The van der Waals surface area contributed by atoms with E-state index in [0.717, 1.165) is 31.5 Å². The third-order valence-corrected chi connectivity index (χ3v) is 5.20. The van der Waals surface area contributed by atoms with Crippen molar-refractivity contribution in [2.75, 3.05) is 24.5 Å². The first-order valence-corrected chi connectivity index (χ1v) is 9.79. The van der Waals surface area contributed by atoms with Gasteiger partial charge < -0.3 is 15.2 Å². The highest BCUT2D eigenvalue weighted by atomic mass is 32.1. The average molecular weight is 423 g/mol. The molecule has 2 fully saturated rings. The van der Waals surface area contributed by atoms with E-state index < -0.39 is 12.1 Å². The highest BCUT2D eigenvalue weighted by molar-refractivity contribution is 7.77. The number of alkyl halides is 2. The van der Waals surface area contributed by atoms with Gasteiger partial charge in [-0.2, -0.15) is 0 Å². The van der Waals surface area contributed by atoms with Gasteiger partial charge in [0.1, 0.15) is 18.0 Å². The molecular weight excluding hydrogens is 398 g/mol. The van der Waals surface area contributed by atoms with Crippen molar-refractivity contribution in [2.45, 2.75) is 25.3 Å². The second kappa shape index (κ2) is 9.90. The lowest BCUT2D eigenvalue weighted by Crippen LogP contribution is -2.46. The smallest absolute Gasteiger partial charge is 0.279 e. The second-order valence-corrected chi connectivity index (χ2v) is 6.84. The van der Waals surface area contributed by atoms with Gasteiger partial charge in [-0.25, -0.2) is 23.7 Å². The molecule has 0 bridgehead atoms. The van der Waals surface area contributed by atoms with E-state index in [0.29, 0.717) is 29.2 Å². The Balaban J connectivity index is 0.00000117. The fraction of sp³-hybridized carbons (Fsp3) is 0.444. The molecule has 2 aromatic heterocycles. The first kappa shape index (κ1) is 21.3. The van der Waals surface area contributed by atoms with Crippen molar-refractivity contribution in [3.63, 3.8) is 0 Å². The number of aromatic nitrogens is 4. The number of aromatic amines is 1. The van der Waals surface area contributed by atoms with Crippen molar-refractivity contribution in [1.29, 1.82) is 5.41 Å². The van der Waals surface area contributed by atoms with Gasteiger partial charge >= 0.3 is 0 Å². The normalized spacial score (nSPS) is 21.2. The predicted molar refractivity (Wildman–Crippen MR) is 112 cm³/mol. The van der Waals surface area contributed by atoms with Crippen molar-refractivity contribution in [3.8, 4) is 11.4 Å². The molecule has 5 N–H and O–H groups in total. The number of anilines is 1. The minimum Gasteiger partial charge on any atom is -0.352 e. The van der Waals surface area contributed by atoms with Gasteiger partial charge in [-0.1, -0.05) is 0 Å². The van der Waals surface area contributed by atoms with E-state index >= 15 is 0 Å². The van der Waals surface area contributed by atoms with Crippen LogP contribution in [0.25, 0.3) is 17.5 Å².